The van der Waals surface area contributed by atoms with E-state index in [1.165, 1.54) is 11.3 Å². The summed E-state index contributed by atoms with van der Waals surface area (Å²) in [5.41, 5.74) is 5.45. The molecule has 0 aliphatic heterocycles. The molecule has 1 aromatic rings. The minimum absolute atomic E-state index is 0.0313. The third-order valence-electron chi connectivity index (χ3n) is 2.22. The van der Waals surface area contributed by atoms with E-state index in [1.54, 1.807) is 11.4 Å². The Morgan fingerprint density at radius 1 is 1.56 bits per heavy atom. The molecule has 0 radical (unpaired) electrons. The van der Waals surface area contributed by atoms with Crippen molar-refractivity contribution in [2.75, 3.05) is 0 Å². The third-order valence-corrected chi connectivity index (χ3v) is 4.90. The van der Waals surface area contributed by atoms with Gasteiger partial charge in [0.25, 0.3) is 0 Å². The van der Waals surface area contributed by atoms with Gasteiger partial charge >= 0.3 is 0 Å². The van der Waals surface area contributed by atoms with Crippen LogP contribution in [-0.4, -0.2) is 14.5 Å². The van der Waals surface area contributed by atoms with Crippen LogP contribution in [0.15, 0.2) is 16.3 Å². The van der Waals surface area contributed by atoms with Crippen molar-refractivity contribution < 1.29 is 8.42 Å². The van der Waals surface area contributed by atoms with Gasteiger partial charge < -0.3 is 5.73 Å². The molecule has 0 aromatic carbocycles. The summed E-state index contributed by atoms with van der Waals surface area (Å²) in [6, 6.07) is 1.60. The highest BCUT2D eigenvalue weighted by Crippen LogP contribution is 2.19. The first kappa shape index (κ1) is 13.6. The van der Waals surface area contributed by atoms with Gasteiger partial charge in [-0.05, 0) is 19.4 Å². The molecule has 0 saturated heterocycles. The van der Waals surface area contributed by atoms with Crippen molar-refractivity contribution >= 4 is 21.4 Å². The fourth-order valence-corrected chi connectivity index (χ4v) is 3.87. The lowest BCUT2D eigenvalue weighted by atomic mass is 10.2. The van der Waals surface area contributed by atoms with Crippen molar-refractivity contribution in [3.63, 3.8) is 0 Å². The molecule has 0 amide bonds. The van der Waals surface area contributed by atoms with Crippen LogP contribution in [0.2, 0.25) is 0 Å². The van der Waals surface area contributed by atoms with Crippen LogP contribution < -0.4 is 10.5 Å². The van der Waals surface area contributed by atoms with E-state index < -0.39 is 10.0 Å². The summed E-state index contributed by atoms with van der Waals surface area (Å²) >= 11 is 1.37. The average molecular weight is 262 g/mol. The lowest BCUT2D eigenvalue weighted by Crippen LogP contribution is -2.32. The first-order valence-electron chi connectivity index (χ1n) is 5.29. The molecule has 1 heterocycles. The Morgan fingerprint density at radius 3 is 2.75 bits per heavy atom. The second kappa shape index (κ2) is 5.77. The zero-order valence-electron chi connectivity index (χ0n) is 9.56. The summed E-state index contributed by atoms with van der Waals surface area (Å²) in [5, 5.41) is 1.63. The van der Waals surface area contributed by atoms with Gasteiger partial charge in [-0.25, -0.2) is 13.1 Å². The second-order valence-electron chi connectivity index (χ2n) is 3.76. The molecular formula is C10H18N2O2S2. The SMILES string of the molecule is CCCC(C)NS(=O)(=O)c1csc(CN)c1. The Hall–Kier alpha value is -0.430. The highest BCUT2D eigenvalue weighted by molar-refractivity contribution is 7.89. The van der Waals surface area contributed by atoms with Crippen LogP contribution in [0.3, 0.4) is 0 Å². The van der Waals surface area contributed by atoms with Crippen LogP contribution >= 0.6 is 11.3 Å². The largest absolute Gasteiger partial charge is 0.326 e. The van der Waals surface area contributed by atoms with E-state index >= 15 is 0 Å². The van der Waals surface area contributed by atoms with Crippen molar-refractivity contribution in [2.45, 2.75) is 44.2 Å². The van der Waals surface area contributed by atoms with Gasteiger partial charge in [-0.3, -0.25) is 0 Å². The van der Waals surface area contributed by atoms with Crippen LogP contribution in [0.4, 0.5) is 0 Å². The molecule has 0 bridgehead atoms. The summed E-state index contributed by atoms with van der Waals surface area (Å²) < 4.78 is 26.5. The minimum Gasteiger partial charge on any atom is -0.326 e. The van der Waals surface area contributed by atoms with E-state index in [4.69, 9.17) is 5.73 Å². The molecule has 1 aromatic heterocycles. The quantitative estimate of drug-likeness (QED) is 0.819. The predicted molar refractivity (Wildman–Crippen MR) is 66.9 cm³/mol. The van der Waals surface area contributed by atoms with Gasteiger partial charge in [0.05, 0.1) is 4.90 Å². The minimum atomic E-state index is -3.37. The van der Waals surface area contributed by atoms with E-state index in [-0.39, 0.29) is 6.04 Å². The average Bonchev–Trinajstić information content (AvgIpc) is 2.65. The number of rotatable bonds is 6. The monoisotopic (exact) mass is 262 g/mol. The molecule has 1 rings (SSSR count). The Morgan fingerprint density at radius 2 is 2.25 bits per heavy atom. The molecule has 3 N–H and O–H groups in total. The Labute approximate surface area is 101 Å². The Kier molecular flexibility index (Phi) is 4.91. The molecule has 92 valence electrons. The summed E-state index contributed by atoms with van der Waals surface area (Å²) in [5.74, 6) is 0. The fourth-order valence-electron chi connectivity index (χ4n) is 1.43. The summed E-state index contributed by atoms with van der Waals surface area (Å²) in [7, 11) is -3.37. The molecule has 6 heteroatoms. The summed E-state index contributed by atoms with van der Waals surface area (Å²) in [6.07, 6.45) is 1.80. The first-order chi connectivity index (χ1) is 7.49. The normalized spacial score (nSPS) is 13.9. The van der Waals surface area contributed by atoms with E-state index in [1.807, 2.05) is 13.8 Å². The van der Waals surface area contributed by atoms with Gasteiger partial charge in [-0.1, -0.05) is 13.3 Å². The van der Waals surface area contributed by atoms with Crippen molar-refractivity contribution in [3.05, 3.63) is 16.3 Å². The van der Waals surface area contributed by atoms with Gasteiger partial charge in [0.1, 0.15) is 0 Å². The van der Waals surface area contributed by atoms with Crippen molar-refractivity contribution in [3.8, 4) is 0 Å². The Balaban J connectivity index is 2.77. The number of nitrogens with one attached hydrogen (secondary N) is 1. The molecule has 1 atom stereocenters. The van der Waals surface area contributed by atoms with Crippen molar-refractivity contribution in [1.82, 2.24) is 4.72 Å². The molecule has 0 spiro atoms. The molecule has 1 unspecified atom stereocenters. The van der Waals surface area contributed by atoms with E-state index in [2.05, 4.69) is 4.72 Å². The van der Waals surface area contributed by atoms with Gasteiger partial charge in [0.2, 0.25) is 10.0 Å². The van der Waals surface area contributed by atoms with Crippen molar-refractivity contribution in [2.24, 2.45) is 5.73 Å². The maximum absolute atomic E-state index is 11.9. The lowest BCUT2D eigenvalue weighted by molar-refractivity contribution is 0.544. The molecular weight excluding hydrogens is 244 g/mol. The van der Waals surface area contributed by atoms with Crippen LogP contribution in [0, 0.1) is 0 Å². The molecule has 4 nitrogen and oxygen atoms in total. The Bertz CT molecular complexity index is 426. The number of hydrogen-bond acceptors (Lipinski definition) is 4. The molecule has 0 saturated carbocycles. The molecule has 0 aliphatic carbocycles. The van der Waals surface area contributed by atoms with Gasteiger partial charge in [-0.15, -0.1) is 11.3 Å². The smallest absolute Gasteiger partial charge is 0.241 e. The van der Waals surface area contributed by atoms with Crippen LogP contribution in [0.5, 0.6) is 0 Å². The summed E-state index contributed by atoms with van der Waals surface area (Å²) in [4.78, 5) is 1.20. The summed E-state index contributed by atoms with van der Waals surface area (Å²) in [6.45, 7) is 4.28. The number of thiophene rings is 1. The molecule has 0 fully saturated rings. The molecule has 16 heavy (non-hydrogen) atoms. The van der Waals surface area contributed by atoms with Crippen LogP contribution in [0.1, 0.15) is 31.6 Å². The van der Waals surface area contributed by atoms with Gasteiger partial charge in [0.15, 0.2) is 0 Å². The van der Waals surface area contributed by atoms with Gasteiger partial charge in [-0.2, -0.15) is 0 Å². The predicted octanol–water partition coefficient (Wildman–Crippen LogP) is 1.67. The zero-order chi connectivity index (χ0) is 12.2. The van der Waals surface area contributed by atoms with Crippen molar-refractivity contribution in [1.29, 1.82) is 0 Å². The van der Waals surface area contributed by atoms with E-state index in [0.29, 0.717) is 11.4 Å². The van der Waals surface area contributed by atoms with Crippen LogP contribution in [-0.2, 0) is 16.6 Å². The maximum atomic E-state index is 11.9. The fraction of sp³-hybridized carbons (Fsp3) is 0.600. The molecule has 0 aliphatic rings. The number of hydrogen-bond donors (Lipinski definition) is 2. The number of nitrogens with two attached hydrogens (primary N) is 1. The van der Waals surface area contributed by atoms with E-state index in [0.717, 1.165) is 17.7 Å². The zero-order valence-corrected chi connectivity index (χ0v) is 11.2. The van der Waals surface area contributed by atoms with Gasteiger partial charge in [0, 0.05) is 22.8 Å². The lowest BCUT2D eigenvalue weighted by Gasteiger charge is -2.11. The highest BCUT2D eigenvalue weighted by Gasteiger charge is 2.18. The second-order valence-corrected chi connectivity index (χ2v) is 6.47. The topological polar surface area (TPSA) is 72.2 Å². The number of sulfonamides is 1. The third kappa shape index (κ3) is 3.55. The first-order valence-corrected chi connectivity index (χ1v) is 7.65. The maximum Gasteiger partial charge on any atom is 0.241 e. The standard InChI is InChI=1S/C10H18N2O2S2/c1-3-4-8(2)12-16(13,14)10-5-9(6-11)15-7-10/h5,7-8,12H,3-4,6,11H2,1-2H3. The highest BCUT2D eigenvalue weighted by atomic mass is 32.2. The van der Waals surface area contributed by atoms with E-state index in [9.17, 15) is 8.42 Å². The van der Waals surface area contributed by atoms with Crippen LogP contribution in [0.25, 0.3) is 0 Å².